The highest BCUT2D eigenvalue weighted by Gasteiger charge is 2.43. The molecular formula is C23H45N2O3PS. The van der Waals surface area contributed by atoms with Crippen LogP contribution >= 0.6 is 20.0 Å². The smallest absolute Gasteiger partial charge is 0.359 e. The zero-order chi connectivity index (χ0) is 22.4. The first-order chi connectivity index (χ1) is 13.9. The van der Waals surface area contributed by atoms with E-state index in [0.717, 1.165) is 38.5 Å². The Labute approximate surface area is 190 Å². The molecule has 30 heavy (non-hydrogen) atoms. The third kappa shape index (κ3) is 8.76. The second-order valence-corrected chi connectivity index (χ2v) is 13.8. The maximum Gasteiger partial charge on any atom is 0.437 e. The van der Waals surface area contributed by atoms with Gasteiger partial charge >= 0.3 is 7.75 Å². The van der Waals surface area contributed by atoms with Crippen molar-refractivity contribution in [2.75, 3.05) is 13.2 Å². The quantitative estimate of drug-likeness (QED) is 0.324. The molecule has 2 saturated carbocycles. The van der Waals surface area contributed by atoms with Gasteiger partial charge in [-0.25, -0.2) is 4.57 Å². The van der Waals surface area contributed by atoms with Gasteiger partial charge in [0.2, 0.25) is 0 Å². The van der Waals surface area contributed by atoms with Crippen LogP contribution in [0.2, 0.25) is 0 Å². The second kappa shape index (κ2) is 11.1. The molecule has 176 valence electrons. The summed E-state index contributed by atoms with van der Waals surface area (Å²) < 4.78 is 28.5. The molecule has 2 fully saturated rings. The van der Waals surface area contributed by atoms with Gasteiger partial charge in [-0.2, -0.15) is 0 Å². The van der Waals surface area contributed by atoms with Crippen LogP contribution in [0.4, 0.5) is 0 Å². The lowest BCUT2D eigenvalue weighted by molar-refractivity contribution is 0.0954. The van der Waals surface area contributed by atoms with Gasteiger partial charge in [0.1, 0.15) is 0 Å². The highest BCUT2D eigenvalue weighted by atomic mass is 32.1. The van der Waals surface area contributed by atoms with Crippen LogP contribution in [0.5, 0.6) is 0 Å². The van der Waals surface area contributed by atoms with Gasteiger partial charge in [0.05, 0.1) is 13.2 Å². The average molecular weight is 461 g/mol. The van der Waals surface area contributed by atoms with E-state index in [4.69, 9.17) is 21.3 Å². The van der Waals surface area contributed by atoms with Crippen LogP contribution in [-0.4, -0.2) is 35.1 Å². The fourth-order valence-corrected chi connectivity index (χ4v) is 6.95. The molecule has 5 nitrogen and oxygen atoms in total. The summed E-state index contributed by atoms with van der Waals surface area (Å²) in [5.41, 5.74) is -0.227. The molecule has 0 bridgehead atoms. The van der Waals surface area contributed by atoms with Crippen molar-refractivity contribution in [3.05, 3.63) is 0 Å². The molecule has 0 unspecified atom stereocenters. The molecule has 0 heterocycles. The Balaban J connectivity index is 2.28. The van der Waals surface area contributed by atoms with E-state index in [0.29, 0.717) is 24.4 Å². The van der Waals surface area contributed by atoms with Crippen molar-refractivity contribution < 1.29 is 13.6 Å². The first kappa shape index (κ1) is 26.1. The molecule has 0 aromatic rings. The third-order valence-electron chi connectivity index (χ3n) is 5.65. The number of nitrogens with zero attached hydrogens (tertiary/aromatic N) is 1. The first-order valence-electron chi connectivity index (χ1n) is 11.9. The Bertz CT molecular complexity index is 566. The normalized spacial score (nSPS) is 20.2. The van der Waals surface area contributed by atoms with Gasteiger partial charge in [0, 0.05) is 12.1 Å². The van der Waals surface area contributed by atoms with E-state index in [2.05, 4.69) is 46.9 Å². The fourth-order valence-electron chi connectivity index (χ4n) is 4.00. The maximum atomic E-state index is 14.3. The molecule has 7 heteroatoms. The predicted octanol–water partition coefficient (Wildman–Crippen LogP) is 7.06. The van der Waals surface area contributed by atoms with Gasteiger partial charge in [0.15, 0.2) is 5.11 Å². The number of thiocarbonyl (C=S) groups is 1. The molecule has 2 aliphatic carbocycles. The van der Waals surface area contributed by atoms with Gasteiger partial charge in [-0.05, 0) is 48.7 Å². The van der Waals surface area contributed by atoms with E-state index in [1.165, 1.54) is 25.7 Å². The zero-order valence-corrected chi connectivity index (χ0v) is 21.9. The zero-order valence-electron chi connectivity index (χ0n) is 20.2. The van der Waals surface area contributed by atoms with E-state index < -0.39 is 7.75 Å². The minimum absolute atomic E-state index is 0.105. The van der Waals surface area contributed by atoms with Gasteiger partial charge in [-0.3, -0.25) is 13.7 Å². The molecule has 0 aromatic heterocycles. The summed E-state index contributed by atoms with van der Waals surface area (Å²) in [5, 5.41) is 4.10. The molecule has 0 saturated heterocycles. The largest absolute Gasteiger partial charge is 0.437 e. The molecule has 2 aliphatic rings. The molecule has 0 aliphatic heterocycles. The molecular weight excluding hydrogens is 415 g/mol. The van der Waals surface area contributed by atoms with Crippen molar-refractivity contribution >= 4 is 25.1 Å². The number of hydrogen-bond acceptors (Lipinski definition) is 4. The Morgan fingerprint density at radius 1 is 0.867 bits per heavy atom. The summed E-state index contributed by atoms with van der Waals surface area (Å²) in [4.78, 5) is 0. The fraction of sp³-hybridized carbons (Fsp3) is 0.957. The molecule has 2 rings (SSSR count). The second-order valence-electron chi connectivity index (χ2n) is 11.6. The van der Waals surface area contributed by atoms with Crippen LogP contribution in [0.25, 0.3) is 0 Å². The summed E-state index contributed by atoms with van der Waals surface area (Å²) in [6, 6.07) is 0.462. The predicted molar refractivity (Wildman–Crippen MR) is 130 cm³/mol. The lowest BCUT2D eigenvalue weighted by Gasteiger charge is -2.42. The molecule has 0 radical (unpaired) electrons. The van der Waals surface area contributed by atoms with Crippen molar-refractivity contribution in [2.45, 2.75) is 118 Å². The minimum Gasteiger partial charge on any atom is -0.359 e. The Morgan fingerprint density at radius 3 is 1.73 bits per heavy atom. The monoisotopic (exact) mass is 460 g/mol. The first-order valence-corrected chi connectivity index (χ1v) is 13.8. The topological polar surface area (TPSA) is 50.8 Å². The van der Waals surface area contributed by atoms with Crippen molar-refractivity contribution in [3.63, 3.8) is 0 Å². The highest BCUT2D eigenvalue weighted by Crippen LogP contribution is 2.56. The molecule has 1 N–H and O–H groups in total. The molecule has 0 amide bonds. The Morgan fingerprint density at radius 2 is 1.30 bits per heavy atom. The van der Waals surface area contributed by atoms with Crippen LogP contribution < -0.4 is 5.32 Å². The Hall–Kier alpha value is -0.160. The minimum atomic E-state index is -3.59. The van der Waals surface area contributed by atoms with Gasteiger partial charge in [-0.1, -0.05) is 80.1 Å². The number of hydrogen-bond donors (Lipinski definition) is 1. The molecule has 0 atom stereocenters. The molecule has 0 aromatic carbocycles. The SMILES string of the molecule is CC(C)(C)COP(=O)(OCC(C)(C)C)N(C(=S)NC1CCCCC1)C1CCCCC1. The summed E-state index contributed by atoms with van der Waals surface area (Å²) in [6.07, 6.45) is 11.4. The summed E-state index contributed by atoms with van der Waals surface area (Å²) >= 11 is 5.88. The summed E-state index contributed by atoms with van der Waals surface area (Å²) in [5.74, 6) is 0. The van der Waals surface area contributed by atoms with Crippen molar-refractivity contribution in [2.24, 2.45) is 10.8 Å². The van der Waals surface area contributed by atoms with Crippen LogP contribution in [0.15, 0.2) is 0 Å². The van der Waals surface area contributed by atoms with Crippen molar-refractivity contribution in [1.82, 2.24) is 9.99 Å². The highest BCUT2D eigenvalue weighted by molar-refractivity contribution is 7.80. The van der Waals surface area contributed by atoms with Crippen LogP contribution in [0.3, 0.4) is 0 Å². The van der Waals surface area contributed by atoms with Crippen LogP contribution in [0, 0.1) is 10.8 Å². The molecule has 0 spiro atoms. The van der Waals surface area contributed by atoms with E-state index >= 15 is 0 Å². The lowest BCUT2D eigenvalue weighted by atomic mass is 9.95. The standard InChI is InChI=1S/C23H45N2O3PS/c1-22(2,3)17-27-29(26,28-18-23(4,5)6)25(20-15-11-8-12-16-20)21(30)24-19-13-9-7-10-14-19/h19-20H,7-18H2,1-6H3,(H,24,30). The van der Waals surface area contributed by atoms with E-state index in [1.54, 1.807) is 0 Å². The third-order valence-corrected chi connectivity index (χ3v) is 8.06. The Kier molecular flexibility index (Phi) is 9.67. The van der Waals surface area contributed by atoms with Gasteiger partial charge in [0.25, 0.3) is 0 Å². The van der Waals surface area contributed by atoms with E-state index in [9.17, 15) is 4.57 Å². The van der Waals surface area contributed by atoms with E-state index in [-0.39, 0.29) is 16.9 Å². The van der Waals surface area contributed by atoms with Crippen molar-refractivity contribution in [1.29, 1.82) is 0 Å². The van der Waals surface area contributed by atoms with Gasteiger partial charge < -0.3 is 5.32 Å². The maximum absolute atomic E-state index is 14.3. The van der Waals surface area contributed by atoms with Crippen LogP contribution in [0.1, 0.15) is 106 Å². The lowest BCUT2D eigenvalue weighted by Crippen LogP contribution is -2.49. The van der Waals surface area contributed by atoms with E-state index in [1.807, 2.05) is 4.67 Å². The average Bonchev–Trinajstić information content (AvgIpc) is 2.66. The number of rotatable bonds is 7. The summed E-state index contributed by atoms with van der Waals surface area (Å²) in [6.45, 7) is 13.3. The number of nitrogens with one attached hydrogen (secondary N) is 1. The summed E-state index contributed by atoms with van der Waals surface area (Å²) in [7, 11) is -3.59. The van der Waals surface area contributed by atoms with Gasteiger partial charge in [-0.15, -0.1) is 0 Å². The van der Waals surface area contributed by atoms with Crippen LogP contribution in [-0.2, 0) is 13.6 Å². The van der Waals surface area contributed by atoms with Crippen molar-refractivity contribution in [3.8, 4) is 0 Å².